The van der Waals surface area contributed by atoms with E-state index in [0.717, 1.165) is 0 Å². The van der Waals surface area contributed by atoms with E-state index in [1.807, 2.05) is 0 Å². The van der Waals surface area contributed by atoms with Crippen LogP contribution in [0, 0.1) is 0 Å². The van der Waals surface area contributed by atoms with E-state index in [4.69, 9.17) is 0 Å². The minimum absolute atomic E-state index is 0.0157. The van der Waals surface area contributed by atoms with Crippen LogP contribution in [0.25, 0.3) is 0 Å². The van der Waals surface area contributed by atoms with E-state index in [1.165, 1.54) is 55.4 Å². The summed E-state index contributed by atoms with van der Waals surface area (Å²) in [4.78, 5) is 0. The second-order valence-corrected chi connectivity index (χ2v) is 14.6. The van der Waals surface area contributed by atoms with Crippen molar-refractivity contribution in [3.63, 3.8) is 0 Å². The van der Waals surface area contributed by atoms with Crippen molar-refractivity contribution in [3.05, 3.63) is 0 Å². The summed E-state index contributed by atoms with van der Waals surface area (Å²) in [6.45, 7) is 11.2. The fourth-order valence-corrected chi connectivity index (χ4v) is 4.65. The predicted octanol–water partition coefficient (Wildman–Crippen LogP) is -0.401. The molecule has 10 unspecified atom stereocenters. The highest BCUT2D eigenvalue weighted by molar-refractivity contribution is 4.92. The van der Waals surface area contributed by atoms with Crippen molar-refractivity contribution in [1.82, 2.24) is 0 Å². The lowest BCUT2D eigenvalue weighted by Crippen LogP contribution is -2.47. The minimum atomic E-state index is -1.70. The molecule has 0 aromatic rings. The molecule has 0 aliphatic carbocycles. The molecule has 0 rings (SSSR count). The van der Waals surface area contributed by atoms with Crippen LogP contribution in [0.2, 0.25) is 0 Å². The fraction of sp³-hybridized carbons (Fsp3) is 1.00. The van der Waals surface area contributed by atoms with Crippen molar-refractivity contribution in [1.29, 1.82) is 0 Å². The molecule has 0 fully saturated rings. The van der Waals surface area contributed by atoms with Gasteiger partial charge in [-0.1, -0.05) is 0 Å². The predicted molar refractivity (Wildman–Crippen MR) is 157 cm³/mol. The molecular formula is C30H62O12. The molecule has 12 heteroatoms. The Morgan fingerprint density at radius 1 is 0.310 bits per heavy atom. The van der Waals surface area contributed by atoms with Gasteiger partial charge >= 0.3 is 0 Å². The van der Waals surface area contributed by atoms with Crippen molar-refractivity contribution < 1.29 is 61.3 Å². The lowest BCUT2D eigenvalue weighted by molar-refractivity contribution is -0.121. The summed E-state index contributed by atoms with van der Waals surface area (Å²) in [6, 6.07) is 0. The van der Waals surface area contributed by atoms with Crippen molar-refractivity contribution in [3.8, 4) is 0 Å². The van der Waals surface area contributed by atoms with E-state index in [1.54, 1.807) is 0 Å². The van der Waals surface area contributed by atoms with Gasteiger partial charge in [0.05, 0.1) is 70.2 Å². The fourth-order valence-electron chi connectivity index (χ4n) is 4.65. The van der Waals surface area contributed by atoms with Crippen LogP contribution in [-0.4, -0.2) is 132 Å². The summed E-state index contributed by atoms with van der Waals surface area (Å²) in [5, 5.41) is 125. The van der Waals surface area contributed by atoms with Gasteiger partial charge in [-0.2, -0.15) is 0 Å². The van der Waals surface area contributed by atoms with Gasteiger partial charge in [0.1, 0.15) is 0 Å². The molecule has 0 saturated heterocycles. The molecule has 0 aromatic carbocycles. The molecule has 10 atom stereocenters. The molecule has 254 valence electrons. The maximum atomic E-state index is 10.8. The van der Waals surface area contributed by atoms with E-state index < -0.39 is 70.2 Å². The van der Waals surface area contributed by atoms with E-state index in [2.05, 4.69) is 0 Å². The largest absolute Gasteiger partial charge is 0.390 e. The lowest BCUT2D eigenvalue weighted by Gasteiger charge is -2.36. The van der Waals surface area contributed by atoms with E-state index >= 15 is 0 Å². The smallest absolute Gasteiger partial charge is 0.0878 e. The van der Waals surface area contributed by atoms with Crippen LogP contribution in [-0.2, 0) is 0 Å². The standard InChI is InChI=1S/C30H62O12/c1-25(2,37)19(31)11-15-29(7,41)23(35)13-17-27(5,39)21(33)9-10-22(34)28(6,40)18-14-24(36)30(8,42)16-12-20(32)26(3,4)38/h19-24,31-42H,9-18H2,1-8H3. The molecule has 0 amide bonds. The summed E-state index contributed by atoms with van der Waals surface area (Å²) in [7, 11) is 0. The first-order valence-electron chi connectivity index (χ1n) is 15.0. The number of aliphatic hydroxyl groups excluding tert-OH is 6. The lowest BCUT2D eigenvalue weighted by atomic mass is 9.81. The number of hydrogen-bond donors (Lipinski definition) is 12. The van der Waals surface area contributed by atoms with Crippen molar-refractivity contribution in [2.24, 2.45) is 0 Å². The Labute approximate surface area is 251 Å². The molecule has 0 saturated carbocycles. The SMILES string of the molecule is CC(C)(O)C(O)CCC(C)(O)C(O)CCC(C)(O)C(O)CCC(O)C(C)(O)CCC(O)C(C)(O)CCC(O)C(C)(C)O. The first-order valence-corrected chi connectivity index (χ1v) is 15.0. The first kappa shape index (κ1) is 41.5. The topological polar surface area (TPSA) is 243 Å². The molecule has 12 nitrogen and oxygen atoms in total. The Balaban J connectivity index is 4.85. The molecule has 0 aliphatic rings. The van der Waals surface area contributed by atoms with Crippen LogP contribution in [0.15, 0.2) is 0 Å². The molecule has 42 heavy (non-hydrogen) atoms. The Morgan fingerprint density at radius 3 is 0.667 bits per heavy atom. The second-order valence-electron chi connectivity index (χ2n) is 14.6. The van der Waals surface area contributed by atoms with E-state index in [-0.39, 0.29) is 64.2 Å². The summed E-state index contributed by atoms with van der Waals surface area (Å²) in [5.74, 6) is 0. The van der Waals surface area contributed by atoms with Crippen molar-refractivity contribution >= 4 is 0 Å². The maximum absolute atomic E-state index is 10.8. The third kappa shape index (κ3) is 14.1. The maximum Gasteiger partial charge on any atom is 0.0878 e. The molecule has 0 radical (unpaired) electrons. The normalized spacial score (nSPS) is 23.4. The first-order chi connectivity index (χ1) is 18.6. The molecule has 0 bridgehead atoms. The minimum Gasteiger partial charge on any atom is -0.390 e. The third-order valence-electron chi connectivity index (χ3n) is 8.91. The highest BCUT2D eigenvalue weighted by Crippen LogP contribution is 2.31. The van der Waals surface area contributed by atoms with Gasteiger partial charge in [-0.25, -0.2) is 0 Å². The summed E-state index contributed by atoms with van der Waals surface area (Å²) in [5.41, 5.74) is -9.37. The van der Waals surface area contributed by atoms with Gasteiger partial charge in [-0.15, -0.1) is 0 Å². The molecule has 12 N–H and O–H groups in total. The zero-order valence-corrected chi connectivity index (χ0v) is 26.9. The zero-order valence-electron chi connectivity index (χ0n) is 26.9. The van der Waals surface area contributed by atoms with Crippen LogP contribution in [0.4, 0.5) is 0 Å². The van der Waals surface area contributed by atoms with E-state index in [0.29, 0.717) is 0 Å². The van der Waals surface area contributed by atoms with Crippen LogP contribution >= 0.6 is 0 Å². The molecule has 0 spiro atoms. The second kappa shape index (κ2) is 15.7. The quantitative estimate of drug-likeness (QED) is 0.0790. The highest BCUT2D eigenvalue weighted by Gasteiger charge is 2.39. The third-order valence-corrected chi connectivity index (χ3v) is 8.91. The average Bonchev–Trinajstić information content (AvgIpc) is 2.84. The molecular weight excluding hydrogens is 552 g/mol. The highest BCUT2D eigenvalue weighted by atomic mass is 16.4. The number of rotatable bonds is 21. The van der Waals surface area contributed by atoms with Gasteiger partial charge in [0, 0.05) is 0 Å². The zero-order chi connectivity index (χ0) is 33.5. The van der Waals surface area contributed by atoms with Crippen LogP contribution in [0.1, 0.15) is 120 Å². The van der Waals surface area contributed by atoms with Gasteiger partial charge in [-0.05, 0) is 120 Å². The Morgan fingerprint density at radius 2 is 0.476 bits per heavy atom. The Hall–Kier alpha value is -0.480. The average molecular weight is 615 g/mol. The number of hydrogen-bond acceptors (Lipinski definition) is 12. The van der Waals surface area contributed by atoms with Gasteiger partial charge in [-0.3, -0.25) is 0 Å². The van der Waals surface area contributed by atoms with Crippen molar-refractivity contribution in [2.75, 3.05) is 0 Å². The van der Waals surface area contributed by atoms with Crippen LogP contribution in [0.5, 0.6) is 0 Å². The van der Waals surface area contributed by atoms with E-state index in [9.17, 15) is 61.3 Å². The van der Waals surface area contributed by atoms with Gasteiger partial charge in [0.2, 0.25) is 0 Å². The summed E-state index contributed by atoms with van der Waals surface area (Å²) >= 11 is 0. The van der Waals surface area contributed by atoms with Crippen LogP contribution < -0.4 is 0 Å². The van der Waals surface area contributed by atoms with Gasteiger partial charge < -0.3 is 61.3 Å². The summed E-state index contributed by atoms with van der Waals surface area (Å²) in [6.07, 6.45) is -8.04. The monoisotopic (exact) mass is 614 g/mol. The Kier molecular flexibility index (Phi) is 15.5. The molecule has 0 heterocycles. The molecule has 0 aromatic heterocycles. The molecule has 0 aliphatic heterocycles. The summed E-state index contributed by atoms with van der Waals surface area (Å²) < 4.78 is 0. The van der Waals surface area contributed by atoms with Gasteiger partial charge in [0.15, 0.2) is 0 Å². The van der Waals surface area contributed by atoms with Gasteiger partial charge in [0.25, 0.3) is 0 Å². The van der Waals surface area contributed by atoms with Crippen molar-refractivity contribution in [2.45, 2.75) is 190 Å². The van der Waals surface area contributed by atoms with Crippen LogP contribution in [0.3, 0.4) is 0 Å². The number of aliphatic hydroxyl groups is 12. The Bertz CT molecular complexity index is 705.